The number of benzene rings is 1. The van der Waals surface area contributed by atoms with Crippen molar-refractivity contribution in [1.82, 2.24) is 9.97 Å². The molecule has 2 N–H and O–H groups in total. The zero-order valence-electron chi connectivity index (χ0n) is 14.0. The van der Waals surface area contributed by atoms with Crippen LogP contribution in [0.15, 0.2) is 16.9 Å². The summed E-state index contributed by atoms with van der Waals surface area (Å²) in [6.45, 7) is 1.58. The van der Waals surface area contributed by atoms with E-state index >= 15 is 0 Å². The summed E-state index contributed by atoms with van der Waals surface area (Å²) in [6.07, 6.45) is 5.46. The molecule has 0 spiro atoms. The molecule has 2 fully saturated rings. The minimum Gasteiger partial charge on any atom is -0.382 e. The summed E-state index contributed by atoms with van der Waals surface area (Å²) < 4.78 is 19.7. The van der Waals surface area contributed by atoms with Crippen molar-refractivity contribution in [3.63, 3.8) is 0 Å². The van der Waals surface area contributed by atoms with Crippen molar-refractivity contribution in [2.24, 2.45) is 0 Å². The van der Waals surface area contributed by atoms with Crippen molar-refractivity contribution in [2.75, 3.05) is 18.5 Å². The van der Waals surface area contributed by atoms with Crippen LogP contribution in [-0.2, 0) is 10.5 Å². The number of aromatic nitrogens is 2. The Hall–Kier alpha value is -1.60. The summed E-state index contributed by atoms with van der Waals surface area (Å²) in [5.74, 6) is 0.712. The van der Waals surface area contributed by atoms with Crippen LogP contribution >= 0.6 is 11.8 Å². The van der Waals surface area contributed by atoms with Gasteiger partial charge in [-0.05, 0) is 44.2 Å². The number of H-pyrrole nitrogens is 1. The number of halogens is 1. The SMILES string of the molecule is O=c1[nH]c(CSC2CCOCC2)nc2cc(NC3CCC3)cc(F)c12. The molecule has 0 unspecified atom stereocenters. The highest BCUT2D eigenvalue weighted by Crippen LogP contribution is 2.27. The van der Waals surface area contributed by atoms with Gasteiger partial charge in [-0.2, -0.15) is 11.8 Å². The smallest absolute Gasteiger partial charge is 0.261 e. The first kappa shape index (κ1) is 16.8. The van der Waals surface area contributed by atoms with Gasteiger partial charge in [0.2, 0.25) is 0 Å². The van der Waals surface area contributed by atoms with Crippen LogP contribution in [0.2, 0.25) is 0 Å². The van der Waals surface area contributed by atoms with Gasteiger partial charge in [-0.3, -0.25) is 4.79 Å². The van der Waals surface area contributed by atoms with E-state index in [0.29, 0.717) is 34.1 Å². The lowest BCUT2D eigenvalue weighted by molar-refractivity contribution is 0.1000. The van der Waals surface area contributed by atoms with Crippen molar-refractivity contribution in [2.45, 2.75) is 49.1 Å². The molecule has 1 aliphatic heterocycles. The van der Waals surface area contributed by atoms with Gasteiger partial charge >= 0.3 is 0 Å². The predicted molar refractivity (Wildman–Crippen MR) is 98.7 cm³/mol. The quantitative estimate of drug-likeness (QED) is 0.852. The molecule has 1 saturated heterocycles. The average molecular weight is 363 g/mol. The van der Waals surface area contributed by atoms with Crippen LogP contribution in [-0.4, -0.2) is 34.5 Å². The molecule has 2 aromatic rings. The minimum absolute atomic E-state index is 0.0407. The first-order valence-electron chi connectivity index (χ1n) is 8.87. The first-order chi connectivity index (χ1) is 12.2. The van der Waals surface area contributed by atoms with Gasteiger partial charge in [-0.15, -0.1) is 0 Å². The van der Waals surface area contributed by atoms with Gasteiger partial charge in [-0.1, -0.05) is 0 Å². The predicted octanol–water partition coefficient (Wildman–Crippen LogP) is 3.44. The van der Waals surface area contributed by atoms with Gasteiger partial charge in [0.1, 0.15) is 17.0 Å². The highest BCUT2D eigenvalue weighted by atomic mass is 32.2. The Morgan fingerprint density at radius 3 is 2.80 bits per heavy atom. The molecule has 2 aliphatic rings. The van der Waals surface area contributed by atoms with Crippen LogP contribution < -0.4 is 10.9 Å². The van der Waals surface area contributed by atoms with E-state index in [9.17, 15) is 9.18 Å². The van der Waals surface area contributed by atoms with Crippen molar-refractivity contribution >= 4 is 28.4 Å². The Balaban J connectivity index is 1.56. The van der Waals surface area contributed by atoms with Crippen molar-refractivity contribution in [3.8, 4) is 0 Å². The fourth-order valence-electron chi connectivity index (χ4n) is 3.25. The van der Waals surface area contributed by atoms with Crippen LogP contribution in [0.25, 0.3) is 10.9 Å². The lowest BCUT2D eigenvalue weighted by atomic mass is 9.93. The number of rotatable bonds is 5. The third kappa shape index (κ3) is 3.82. The van der Waals surface area contributed by atoms with E-state index < -0.39 is 11.4 Å². The van der Waals surface area contributed by atoms with Gasteiger partial charge in [0.15, 0.2) is 0 Å². The monoisotopic (exact) mass is 363 g/mol. The van der Waals surface area contributed by atoms with Gasteiger partial charge in [0, 0.05) is 30.2 Å². The molecule has 1 aliphatic carbocycles. The molecule has 1 saturated carbocycles. The Kier molecular flexibility index (Phi) is 4.94. The number of thioether (sulfide) groups is 1. The number of ether oxygens (including phenoxy) is 1. The molecular weight excluding hydrogens is 341 g/mol. The Morgan fingerprint density at radius 2 is 2.08 bits per heavy atom. The van der Waals surface area contributed by atoms with Crippen molar-refractivity contribution < 1.29 is 9.13 Å². The zero-order chi connectivity index (χ0) is 17.2. The standard InChI is InChI=1S/C18H22FN3O2S/c19-14-8-12(20-11-2-1-3-11)9-15-17(14)18(23)22-16(21-15)10-25-13-4-6-24-7-5-13/h8-9,11,13,20H,1-7,10H2,(H,21,22,23). The summed E-state index contributed by atoms with van der Waals surface area (Å²) in [6, 6.07) is 3.59. The van der Waals surface area contributed by atoms with Gasteiger partial charge in [-0.25, -0.2) is 9.37 Å². The van der Waals surface area contributed by atoms with Crippen molar-refractivity contribution in [3.05, 3.63) is 34.1 Å². The Bertz CT molecular complexity index is 816. The van der Waals surface area contributed by atoms with Crippen LogP contribution in [0.3, 0.4) is 0 Å². The summed E-state index contributed by atoms with van der Waals surface area (Å²) in [5, 5.41) is 3.89. The van der Waals surface area contributed by atoms with Gasteiger partial charge in [0.25, 0.3) is 5.56 Å². The zero-order valence-corrected chi connectivity index (χ0v) is 14.8. The summed E-state index contributed by atoms with van der Waals surface area (Å²) in [4.78, 5) is 19.5. The van der Waals surface area contributed by atoms with E-state index in [1.54, 1.807) is 17.8 Å². The van der Waals surface area contributed by atoms with Crippen molar-refractivity contribution in [1.29, 1.82) is 0 Å². The second-order valence-corrected chi connectivity index (χ2v) is 8.05. The maximum atomic E-state index is 14.4. The molecule has 0 amide bonds. The number of hydrogen-bond donors (Lipinski definition) is 2. The lowest BCUT2D eigenvalue weighted by Gasteiger charge is -2.27. The normalized spacial score (nSPS) is 19.1. The van der Waals surface area contributed by atoms with E-state index in [1.807, 2.05) is 0 Å². The summed E-state index contributed by atoms with van der Waals surface area (Å²) >= 11 is 1.78. The summed E-state index contributed by atoms with van der Waals surface area (Å²) in [5.41, 5.74) is 0.726. The molecule has 0 bridgehead atoms. The maximum absolute atomic E-state index is 14.4. The van der Waals surface area contributed by atoms with E-state index in [-0.39, 0.29) is 5.39 Å². The largest absolute Gasteiger partial charge is 0.382 e. The van der Waals surface area contributed by atoms with Gasteiger partial charge in [0.05, 0.1) is 11.3 Å². The molecular formula is C18H22FN3O2S. The molecule has 2 heterocycles. The van der Waals surface area contributed by atoms with E-state index in [2.05, 4.69) is 15.3 Å². The number of hydrogen-bond acceptors (Lipinski definition) is 5. The number of nitrogens with one attached hydrogen (secondary N) is 2. The molecule has 7 heteroatoms. The number of fused-ring (bicyclic) bond motifs is 1. The summed E-state index contributed by atoms with van der Waals surface area (Å²) in [7, 11) is 0. The molecule has 4 rings (SSSR count). The van der Waals surface area contributed by atoms with E-state index in [0.717, 1.165) is 38.9 Å². The molecule has 0 radical (unpaired) electrons. The Morgan fingerprint density at radius 1 is 1.28 bits per heavy atom. The Labute approximate surface area is 149 Å². The molecule has 134 valence electrons. The van der Waals surface area contributed by atoms with Crippen LogP contribution in [0.4, 0.5) is 10.1 Å². The van der Waals surface area contributed by atoms with E-state index in [4.69, 9.17) is 4.74 Å². The van der Waals surface area contributed by atoms with Crippen LogP contribution in [0, 0.1) is 5.82 Å². The fourth-order valence-corrected chi connectivity index (χ4v) is 4.31. The topological polar surface area (TPSA) is 67.0 Å². The third-order valence-corrected chi connectivity index (χ3v) is 6.29. The average Bonchev–Trinajstić information content (AvgIpc) is 2.57. The third-order valence-electron chi connectivity index (χ3n) is 4.91. The second kappa shape index (κ2) is 7.33. The van der Waals surface area contributed by atoms with Gasteiger partial charge < -0.3 is 15.0 Å². The second-order valence-electron chi connectivity index (χ2n) is 6.76. The molecule has 5 nitrogen and oxygen atoms in total. The number of nitrogens with zero attached hydrogens (tertiary/aromatic N) is 1. The van der Waals surface area contributed by atoms with Crippen LogP contribution in [0.5, 0.6) is 0 Å². The highest BCUT2D eigenvalue weighted by molar-refractivity contribution is 7.99. The highest BCUT2D eigenvalue weighted by Gasteiger charge is 2.19. The van der Waals surface area contributed by atoms with E-state index in [1.165, 1.54) is 12.5 Å². The molecule has 1 aromatic carbocycles. The fraction of sp³-hybridized carbons (Fsp3) is 0.556. The molecule has 25 heavy (non-hydrogen) atoms. The van der Waals surface area contributed by atoms with Crippen LogP contribution in [0.1, 0.15) is 37.9 Å². The molecule has 0 atom stereocenters. The number of aromatic amines is 1. The molecule has 1 aromatic heterocycles. The minimum atomic E-state index is -0.517. The maximum Gasteiger partial charge on any atom is 0.261 e. The first-order valence-corrected chi connectivity index (χ1v) is 9.92. The lowest BCUT2D eigenvalue weighted by Crippen LogP contribution is -2.27. The number of anilines is 1.